The fraction of sp³-hybridized carbons (Fsp3) is 0.917. The number of amides is 1. The lowest BCUT2D eigenvalue weighted by Gasteiger charge is -2.32. The molecule has 4 heteroatoms. The predicted molar refractivity (Wildman–Crippen MR) is 62.2 cm³/mol. The summed E-state index contributed by atoms with van der Waals surface area (Å²) in [5, 5.41) is 3.25. The zero-order chi connectivity index (χ0) is 11.4. The van der Waals surface area contributed by atoms with Crippen LogP contribution in [0.15, 0.2) is 0 Å². The predicted octanol–water partition coefficient (Wildman–Crippen LogP) is 0.623. The highest BCUT2D eigenvalue weighted by Gasteiger charge is 2.24. The number of likely N-dealkylation sites (tertiary alicyclic amines) is 1. The first-order valence-corrected chi connectivity index (χ1v) is 6.31. The normalized spacial score (nSPS) is 25.8. The van der Waals surface area contributed by atoms with E-state index in [4.69, 9.17) is 4.74 Å². The van der Waals surface area contributed by atoms with E-state index in [0.717, 1.165) is 38.4 Å². The molecule has 1 saturated heterocycles. The van der Waals surface area contributed by atoms with E-state index in [-0.39, 0.29) is 12.0 Å². The molecule has 0 aromatic heterocycles. The van der Waals surface area contributed by atoms with Gasteiger partial charge in [-0.25, -0.2) is 0 Å². The Morgan fingerprint density at radius 1 is 1.44 bits per heavy atom. The standard InChI is InChI=1S/C12H22N2O2/c1-16-11-3-2-6-14(9-11)12(15)8-13-7-10-4-5-10/h10-11,13H,2-9H2,1H3. The molecule has 4 nitrogen and oxygen atoms in total. The van der Waals surface area contributed by atoms with Gasteiger partial charge in [-0.15, -0.1) is 0 Å². The SMILES string of the molecule is COC1CCCN(C(=O)CNCC2CC2)C1. The van der Waals surface area contributed by atoms with E-state index in [1.807, 2.05) is 4.90 Å². The third-order valence-electron chi connectivity index (χ3n) is 3.47. The van der Waals surface area contributed by atoms with Gasteiger partial charge in [0.05, 0.1) is 12.6 Å². The van der Waals surface area contributed by atoms with E-state index in [1.165, 1.54) is 12.8 Å². The Morgan fingerprint density at radius 3 is 2.94 bits per heavy atom. The molecule has 0 aromatic carbocycles. The minimum absolute atomic E-state index is 0.224. The average Bonchev–Trinajstić information content (AvgIpc) is 3.13. The fourth-order valence-electron chi connectivity index (χ4n) is 2.17. The molecule has 1 aliphatic carbocycles. The number of ether oxygens (including phenoxy) is 1. The van der Waals surface area contributed by atoms with Gasteiger partial charge in [0, 0.05) is 20.2 Å². The maximum absolute atomic E-state index is 11.9. The second-order valence-electron chi connectivity index (χ2n) is 4.91. The van der Waals surface area contributed by atoms with Gasteiger partial charge in [0.15, 0.2) is 0 Å². The average molecular weight is 226 g/mol. The van der Waals surface area contributed by atoms with Gasteiger partial charge >= 0.3 is 0 Å². The van der Waals surface area contributed by atoms with Crippen molar-refractivity contribution < 1.29 is 9.53 Å². The molecular weight excluding hydrogens is 204 g/mol. The number of carbonyl (C=O) groups is 1. The molecule has 1 N–H and O–H groups in total. The van der Waals surface area contributed by atoms with E-state index in [1.54, 1.807) is 7.11 Å². The number of hydrogen-bond donors (Lipinski definition) is 1. The molecule has 1 atom stereocenters. The first-order valence-electron chi connectivity index (χ1n) is 6.31. The minimum Gasteiger partial charge on any atom is -0.380 e. The summed E-state index contributed by atoms with van der Waals surface area (Å²) in [6, 6.07) is 0. The molecule has 92 valence electrons. The fourth-order valence-corrected chi connectivity index (χ4v) is 2.17. The van der Waals surface area contributed by atoms with E-state index in [9.17, 15) is 4.79 Å². The number of methoxy groups -OCH3 is 1. The van der Waals surface area contributed by atoms with Crippen LogP contribution in [-0.2, 0) is 9.53 Å². The highest BCUT2D eigenvalue weighted by atomic mass is 16.5. The lowest BCUT2D eigenvalue weighted by atomic mass is 10.1. The van der Waals surface area contributed by atoms with Crippen LogP contribution < -0.4 is 5.32 Å². The second-order valence-corrected chi connectivity index (χ2v) is 4.91. The lowest BCUT2D eigenvalue weighted by molar-refractivity contribution is -0.133. The molecule has 0 spiro atoms. The van der Waals surface area contributed by atoms with Crippen LogP contribution in [0.1, 0.15) is 25.7 Å². The van der Waals surface area contributed by atoms with Crippen LogP contribution in [0.4, 0.5) is 0 Å². The maximum Gasteiger partial charge on any atom is 0.236 e. The smallest absolute Gasteiger partial charge is 0.236 e. The molecule has 1 aliphatic heterocycles. The van der Waals surface area contributed by atoms with Gasteiger partial charge in [-0.05, 0) is 38.1 Å². The zero-order valence-corrected chi connectivity index (χ0v) is 10.1. The van der Waals surface area contributed by atoms with Crippen LogP contribution in [0.3, 0.4) is 0 Å². The third-order valence-corrected chi connectivity index (χ3v) is 3.47. The van der Waals surface area contributed by atoms with E-state index in [0.29, 0.717) is 6.54 Å². The van der Waals surface area contributed by atoms with Gasteiger partial charge < -0.3 is 15.0 Å². The van der Waals surface area contributed by atoms with E-state index < -0.39 is 0 Å². The van der Waals surface area contributed by atoms with Gasteiger partial charge in [0.2, 0.25) is 5.91 Å². The Labute approximate surface area is 97.3 Å². The van der Waals surface area contributed by atoms with Crippen molar-refractivity contribution in [3.05, 3.63) is 0 Å². The van der Waals surface area contributed by atoms with Gasteiger partial charge in [-0.1, -0.05) is 0 Å². The van der Waals surface area contributed by atoms with Crippen molar-refractivity contribution in [2.24, 2.45) is 5.92 Å². The van der Waals surface area contributed by atoms with Crippen LogP contribution in [0.25, 0.3) is 0 Å². The van der Waals surface area contributed by atoms with Crippen molar-refractivity contribution in [2.45, 2.75) is 31.8 Å². The molecule has 1 amide bonds. The Bertz CT molecular complexity index is 241. The first-order chi connectivity index (χ1) is 7.79. The summed E-state index contributed by atoms with van der Waals surface area (Å²) in [5.41, 5.74) is 0. The molecule has 2 rings (SSSR count). The van der Waals surface area contributed by atoms with Gasteiger partial charge in [-0.3, -0.25) is 4.79 Å². The monoisotopic (exact) mass is 226 g/mol. The highest BCUT2D eigenvalue weighted by molar-refractivity contribution is 5.78. The van der Waals surface area contributed by atoms with Crippen LogP contribution in [-0.4, -0.2) is 50.2 Å². The molecule has 0 aromatic rings. The van der Waals surface area contributed by atoms with Crippen LogP contribution in [0.2, 0.25) is 0 Å². The number of piperidine rings is 1. The first kappa shape index (κ1) is 11.9. The van der Waals surface area contributed by atoms with Crippen molar-refractivity contribution in [1.29, 1.82) is 0 Å². The van der Waals surface area contributed by atoms with E-state index in [2.05, 4.69) is 5.32 Å². The second kappa shape index (κ2) is 5.64. The van der Waals surface area contributed by atoms with Crippen LogP contribution >= 0.6 is 0 Å². The van der Waals surface area contributed by atoms with Crippen molar-refractivity contribution in [3.63, 3.8) is 0 Å². The molecule has 2 aliphatic rings. The Hall–Kier alpha value is -0.610. The Balaban J connectivity index is 1.66. The minimum atomic E-state index is 0.224. The summed E-state index contributed by atoms with van der Waals surface area (Å²) in [7, 11) is 1.73. The largest absolute Gasteiger partial charge is 0.380 e. The van der Waals surface area contributed by atoms with Crippen molar-refractivity contribution >= 4 is 5.91 Å². The molecular formula is C12H22N2O2. The molecule has 1 unspecified atom stereocenters. The number of nitrogens with one attached hydrogen (secondary N) is 1. The Morgan fingerprint density at radius 2 is 2.25 bits per heavy atom. The van der Waals surface area contributed by atoms with Crippen LogP contribution in [0, 0.1) is 5.92 Å². The summed E-state index contributed by atoms with van der Waals surface area (Å²) < 4.78 is 5.31. The van der Waals surface area contributed by atoms with Gasteiger partial charge in [0.1, 0.15) is 0 Å². The lowest BCUT2D eigenvalue weighted by Crippen LogP contribution is -2.46. The topological polar surface area (TPSA) is 41.6 Å². The van der Waals surface area contributed by atoms with Crippen molar-refractivity contribution in [3.8, 4) is 0 Å². The summed E-state index contributed by atoms with van der Waals surface area (Å²) in [6.07, 6.45) is 5.04. The molecule has 2 fully saturated rings. The van der Waals surface area contributed by atoms with Crippen LogP contribution in [0.5, 0.6) is 0 Å². The molecule has 16 heavy (non-hydrogen) atoms. The highest BCUT2D eigenvalue weighted by Crippen LogP contribution is 2.27. The zero-order valence-electron chi connectivity index (χ0n) is 10.1. The summed E-state index contributed by atoms with van der Waals surface area (Å²) >= 11 is 0. The van der Waals surface area contributed by atoms with Crippen molar-refractivity contribution in [1.82, 2.24) is 10.2 Å². The quantitative estimate of drug-likeness (QED) is 0.747. The van der Waals surface area contributed by atoms with Gasteiger partial charge in [-0.2, -0.15) is 0 Å². The summed E-state index contributed by atoms with van der Waals surface area (Å²) in [5.74, 6) is 1.06. The summed E-state index contributed by atoms with van der Waals surface area (Å²) in [6.45, 7) is 3.16. The number of rotatable bonds is 5. The number of carbonyl (C=O) groups excluding carboxylic acids is 1. The van der Waals surface area contributed by atoms with E-state index >= 15 is 0 Å². The summed E-state index contributed by atoms with van der Waals surface area (Å²) in [4.78, 5) is 13.8. The third kappa shape index (κ3) is 3.46. The van der Waals surface area contributed by atoms with Gasteiger partial charge in [0.25, 0.3) is 0 Å². The molecule has 1 heterocycles. The Kier molecular flexibility index (Phi) is 4.18. The number of nitrogens with zero attached hydrogens (tertiary/aromatic N) is 1. The maximum atomic E-state index is 11.9. The molecule has 0 bridgehead atoms. The molecule has 1 saturated carbocycles. The molecule has 0 radical (unpaired) electrons. The van der Waals surface area contributed by atoms with Crippen molar-refractivity contribution in [2.75, 3.05) is 33.3 Å². The number of hydrogen-bond acceptors (Lipinski definition) is 3.